The van der Waals surface area contributed by atoms with E-state index in [0.29, 0.717) is 13.1 Å². The monoisotopic (exact) mass is 487 g/mol. The van der Waals surface area contributed by atoms with Crippen molar-refractivity contribution in [2.24, 2.45) is 5.92 Å². The third kappa shape index (κ3) is 4.79. The van der Waals surface area contributed by atoms with Crippen LogP contribution in [0.3, 0.4) is 0 Å². The Kier molecular flexibility index (Phi) is 6.90. The van der Waals surface area contributed by atoms with Crippen molar-refractivity contribution < 1.29 is 9.53 Å². The highest BCUT2D eigenvalue weighted by molar-refractivity contribution is 5.96. The molecule has 3 aromatic rings. The number of ether oxygens (including phenoxy) is 1. The van der Waals surface area contributed by atoms with Crippen LogP contribution in [0.4, 0.5) is 11.5 Å². The number of hydrogen-bond acceptors (Lipinski definition) is 5. The lowest BCUT2D eigenvalue weighted by Gasteiger charge is -2.36. The van der Waals surface area contributed by atoms with Crippen molar-refractivity contribution in [1.82, 2.24) is 14.5 Å². The Labute approximate surface area is 214 Å². The molecule has 0 aliphatic carbocycles. The van der Waals surface area contributed by atoms with Gasteiger partial charge in [-0.25, -0.2) is 4.98 Å². The number of carbonyl (C=O) groups excluding carboxylic acids is 1. The van der Waals surface area contributed by atoms with E-state index in [1.165, 1.54) is 12.8 Å². The predicted octanol–water partition coefficient (Wildman–Crippen LogP) is 4.70. The molecule has 2 saturated heterocycles. The fraction of sp³-hybridized carbons (Fsp3) is 0.448. The summed E-state index contributed by atoms with van der Waals surface area (Å²) in [7, 11) is 1.68. The zero-order valence-electron chi connectivity index (χ0n) is 21.9. The molecule has 36 heavy (non-hydrogen) atoms. The minimum atomic E-state index is 0.107. The van der Waals surface area contributed by atoms with Gasteiger partial charge in [-0.05, 0) is 75.1 Å². The third-order valence-electron chi connectivity index (χ3n) is 7.76. The van der Waals surface area contributed by atoms with E-state index in [-0.39, 0.29) is 5.91 Å². The van der Waals surface area contributed by atoms with E-state index in [1.807, 2.05) is 36.2 Å². The molecule has 0 radical (unpaired) electrons. The SMILES string of the molecule is COc1ccc(N2CCN(C(=O)c3cc(C)n(-c4ccc(N5CCC(C)CC5)nc4)c3C)CC2)cc1. The zero-order chi connectivity index (χ0) is 25.2. The average Bonchev–Trinajstić information content (AvgIpc) is 3.22. The Morgan fingerprint density at radius 2 is 1.56 bits per heavy atom. The van der Waals surface area contributed by atoms with Crippen LogP contribution in [0.1, 0.15) is 41.5 Å². The molecule has 2 aliphatic heterocycles. The molecule has 1 amide bonds. The number of nitrogens with zero attached hydrogens (tertiary/aromatic N) is 5. The molecular weight excluding hydrogens is 450 g/mol. The van der Waals surface area contributed by atoms with Crippen molar-refractivity contribution in [2.45, 2.75) is 33.6 Å². The van der Waals surface area contributed by atoms with Gasteiger partial charge in [0.05, 0.1) is 24.6 Å². The molecule has 7 heteroatoms. The van der Waals surface area contributed by atoms with E-state index in [4.69, 9.17) is 9.72 Å². The van der Waals surface area contributed by atoms with Gasteiger partial charge in [-0.15, -0.1) is 0 Å². The summed E-state index contributed by atoms with van der Waals surface area (Å²) in [6.45, 7) is 11.6. The lowest BCUT2D eigenvalue weighted by atomic mass is 9.99. The first-order valence-corrected chi connectivity index (χ1v) is 13.0. The van der Waals surface area contributed by atoms with Crippen molar-refractivity contribution in [3.05, 3.63) is 65.6 Å². The second-order valence-electron chi connectivity index (χ2n) is 10.1. The second-order valence-corrected chi connectivity index (χ2v) is 10.1. The maximum absolute atomic E-state index is 13.5. The first kappa shape index (κ1) is 24.2. The van der Waals surface area contributed by atoms with Gasteiger partial charge >= 0.3 is 0 Å². The number of anilines is 2. The number of rotatable bonds is 5. The van der Waals surface area contributed by atoms with Gasteiger partial charge in [0.15, 0.2) is 0 Å². The van der Waals surface area contributed by atoms with Gasteiger partial charge in [0.2, 0.25) is 0 Å². The maximum Gasteiger partial charge on any atom is 0.255 e. The van der Waals surface area contributed by atoms with Crippen molar-refractivity contribution >= 4 is 17.4 Å². The fourth-order valence-electron chi connectivity index (χ4n) is 5.44. The number of aryl methyl sites for hydroxylation is 1. The second kappa shape index (κ2) is 10.2. The highest BCUT2D eigenvalue weighted by Gasteiger charge is 2.26. The van der Waals surface area contributed by atoms with Crippen LogP contribution >= 0.6 is 0 Å². The Balaban J connectivity index is 1.26. The van der Waals surface area contributed by atoms with Crippen molar-refractivity contribution in [3.8, 4) is 11.4 Å². The molecule has 1 aromatic carbocycles. The molecule has 0 spiro atoms. The molecule has 2 aromatic heterocycles. The quantitative estimate of drug-likeness (QED) is 0.522. The number of benzene rings is 1. The molecule has 4 heterocycles. The van der Waals surface area contributed by atoms with Gasteiger partial charge in [-0.3, -0.25) is 4.79 Å². The van der Waals surface area contributed by atoms with E-state index >= 15 is 0 Å². The van der Waals surface area contributed by atoms with Gasteiger partial charge in [-0.1, -0.05) is 6.92 Å². The topological polar surface area (TPSA) is 53.8 Å². The number of pyridine rings is 1. The lowest BCUT2D eigenvalue weighted by molar-refractivity contribution is 0.0746. The van der Waals surface area contributed by atoms with Crippen molar-refractivity contribution in [2.75, 3.05) is 56.2 Å². The fourth-order valence-corrected chi connectivity index (χ4v) is 5.44. The minimum Gasteiger partial charge on any atom is -0.497 e. The largest absolute Gasteiger partial charge is 0.497 e. The van der Waals surface area contributed by atoms with Crippen LogP contribution in [0.15, 0.2) is 48.7 Å². The Morgan fingerprint density at radius 3 is 2.17 bits per heavy atom. The summed E-state index contributed by atoms with van der Waals surface area (Å²) >= 11 is 0. The number of hydrogen-bond donors (Lipinski definition) is 0. The molecule has 190 valence electrons. The minimum absolute atomic E-state index is 0.107. The summed E-state index contributed by atoms with van der Waals surface area (Å²) in [5, 5.41) is 0. The van der Waals surface area contributed by atoms with Crippen LogP contribution in [-0.4, -0.2) is 66.7 Å². The first-order chi connectivity index (χ1) is 17.4. The summed E-state index contributed by atoms with van der Waals surface area (Å²) in [6, 6.07) is 14.4. The van der Waals surface area contributed by atoms with Crippen LogP contribution in [0, 0.1) is 19.8 Å². The summed E-state index contributed by atoms with van der Waals surface area (Å²) in [4.78, 5) is 24.9. The molecule has 2 fully saturated rings. The molecule has 0 atom stereocenters. The van der Waals surface area contributed by atoms with E-state index in [0.717, 1.165) is 72.0 Å². The van der Waals surface area contributed by atoms with E-state index in [1.54, 1.807) is 7.11 Å². The summed E-state index contributed by atoms with van der Waals surface area (Å²) in [5.41, 5.74) is 4.96. The van der Waals surface area contributed by atoms with Gasteiger partial charge in [0, 0.05) is 56.3 Å². The third-order valence-corrected chi connectivity index (χ3v) is 7.76. The molecule has 0 saturated carbocycles. The van der Waals surface area contributed by atoms with Crippen LogP contribution in [0.25, 0.3) is 5.69 Å². The van der Waals surface area contributed by atoms with Crippen LogP contribution in [-0.2, 0) is 0 Å². The lowest BCUT2D eigenvalue weighted by Crippen LogP contribution is -2.48. The number of methoxy groups -OCH3 is 1. The number of amides is 1. The van der Waals surface area contributed by atoms with Crippen molar-refractivity contribution in [1.29, 1.82) is 0 Å². The van der Waals surface area contributed by atoms with Crippen LogP contribution in [0.2, 0.25) is 0 Å². The molecular formula is C29H37N5O2. The number of aromatic nitrogens is 2. The maximum atomic E-state index is 13.5. The van der Waals surface area contributed by atoms with Gasteiger partial charge < -0.3 is 24.0 Å². The van der Waals surface area contributed by atoms with Crippen molar-refractivity contribution in [3.63, 3.8) is 0 Å². The van der Waals surface area contributed by atoms with Gasteiger partial charge in [0.25, 0.3) is 5.91 Å². The van der Waals surface area contributed by atoms with E-state index < -0.39 is 0 Å². The van der Waals surface area contributed by atoms with Crippen LogP contribution < -0.4 is 14.5 Å². The number of carbonyl (C=O) groups is 1. The smallest absolute Gasteiger partial charge is 0.255 e. The van der Waals surface area contributed by atoms with Crippen LogP contribution in [0.5, 0.6) is 5.75 Å². The summed E-state index contributed by atoms with van der Waals surface area (Å²) in [6.07, 6.45) is 4.38. The molecule has 0 bridgehead atoms. The molecule has 0 unspecified atom stereocenters. The first-order valence-electron chi connectivity index (χ1n) is 13.0. The normalized spacial score (nSPS) is 16.9. The summed E-state index contributed by atoms with van der Waals surface area (Å²) < 4.78 is 7.42. The number of piperidine rings is 1. The average molecular weight is 488 g/mol. The molecule has 5 rings (SSSR count). The summed E-state index contributed by atoms with van der Waals surface area (Å²) in [5.74, 6) is 2.80. The van der Waals surface area contributed by atoms with Gasteiger partial charge in [-0.2, -0.15) is 0 Å². The highest BCUT2D eigenvalue weighted by atomic mass is 16.5. The molecule has 7 nitrogen and oxygen atoms in total. The Morgan fingerprint density at radius 1 is 0.889 bits per heavy atom. The molecule has 2 aliphatic rings. The Hall–Kier alpha value is -3.48. The molecule has 0 N–H and O–H groups in total. The number of piperazine rings is 1. The predicted molar refractivity (Wildman–Crippen MR) is 145 cm³/mol. The van der Waals surface area contributed by atoms with E-state index in [9.17, 15) is 4.79 Å². The van der Waals surface area contributed by atoms with Gasteiger partial charge in [0.1, 0.15) is 11.6 Å². The van der Waals surface area contributed by atoms with E-state index in [2.05, 4.69) is 52.5 Å². The highest BCUT2D eigenvalue weighted by Crippen LogP contribution is 2.26. The Bertz CT molecular complexity index is 1190. The zero-order valence-corrected chi connectivity index (χ0v) is 21.9. The standard InChI is InChI=1S/C29H37N5O2/c1-21-11-13-32(14-12-21)28-10-7-25(20-30-28)34-22(2)19-27(23(34)3)29(35)33-17-15-31(16-18-33)24-5-8-26(36-4)9-6-24/h5-10,19-21H,11-18H2,1-4H3.